The summed E-state index contributed by atoms with van der Waals surface area (Å²) in [5.41, 5.74) is -3.69. The highest BCUT2D eigenvalue weighted by Crippen LogP contribution is 2.50. The zero-order valence-corrected chi connectivity index (χ0v) is 30.0. The lowest BCUT2D eigenvalue weighted by Gasteiger charge is -2.34. The predicted octanol–water partition coefficient (Wildman–Crippen LogP) is 4.76. The zero-order chi connectivity index (χ0) is 39.0. The second kappa shape index (κ2) is 21.2. The van der Waals surface area contributed by atoms with Gasteiger partial charge in [-0.1, -0.05) is 22.3 Å². The molecule has 0 aliphatic heterocycles. The molecule has 0 saturated heterocycles. The molecule has 53 heavy (non-hydrogen) atoms. The van der Waals surface area contributed by atoms with Crippen molar-refractivity contribution in [2.45, 2.75) is 104 Å². The summed E-state index contributed by atoms with van der Waals surface area (Å²) in [5.74, 6) is -18.1. The van der Waals surface area contributed by atoms with Gasteiger partial charge in [0.2, 0.25) is 0 Å². The fourth-order valence-electron chi connectivity index (χ4n) is 4.27. The van der Waals surface area contributed by atoms with Gasteiger partial charge in [0.15, 0.2) is 0 Å². The van der Waals surface area contributed by atoms with Gasteiger partial charge in [0.05, 0.1) is 13.2 Å². The molecule has 1 rings (SSSR count). The molecule has 0 atom stereocenters. The summed E-state index contributed by atoms with van der Waals surface area (Å²) in [6.07, 6.45) is -13.3. The van der Waals surface area contributed by atoms with Crippen molar-refractivity contribution in [2.24, 2.45) is 0 Å². The van der Waals surface area contributed by atoms with Gasteiger partial charge in [0.1, 0.15) is 6.61 Å². The lowest BCUT2D eigenvalue weighted by molar-refractivity contribution is -0.486. The Kier molecular flexibility index (Phi) is 22.1. The van der Waals surface area contributed by atoms with Crippen LogP contribution in [0, 0.1) is 0 Å². The van der Waals surface area contributed by atoms with E-state index in [0.29, 0.717) is 13.7 Å². The highest BCUT2D eigenvalue weighted by atomic mass is 28.4. The van der Waals surface area contributed by atoms with Crippen molar-refractivity contribution in [2.75, 3.05) is 55.9 Å². The van der Waals surface area contributed by atoms with Crippen LogP contribution in [0.5, 0.6) is 0 Å². The minimum absolute atomic E-state index is 0. The van der Waals surface area contributed by atoms with Gasteiger partial charge < -0.3 is 31.3 Å². The van der Waals surface area contributed by atoms with Gasteiger partial charge in [-0.3, -0.25) is 0 Å². The monoisotopic (exact) mass is 839 g/mol. The smallest absolute Gasteiger partial charge is 0.377 e. The van der Waals surface area contributed by atoms with Crippen molar-refractivity contribution in [1.29, 1.82) is 0 Å². The van der Waals surface area contributed by atoms with E-state index in [1.165, 1.54) is 42.7 Å². The molecule has 1 heterocycles. The third-order valence-corrected chi connectivity index (χ3v) is 13.0. The number of alkyl halides is 10. The Labute approximate surface area is 302 Å². The molecular formula is C27H51F10N3O11Si2. The predicted molar refractivity (Wildman–Crippen MR) is 174 cm³/mol. The van der Waals surface area contributed by atoms with Crippen LogP contribution in [0.4, 0.5) is 43.9 Å². The summed E-state index contributed by atoms with van der Waals surface area (Å²) in [4.78, 5) is 39.7. The third-order valence-electron chi connectivity index (χ3n) is 7.32. The number of aromatic nitrogens is 3. The first-order valence-electron chi connectivity index (χ1n) is 14.3. The molecule has 0 aliphatic rings. The molecule has 26 heteroatoms. The number of rotatable bonds is 24. The average Bonchev–Trinajstić information content (AvgIpc) is 3.03. The van der Waals surface area contributed by atoms with Gasteiger partial charge in [0.25, 0.3) is 0 Å². The number of ether oxygens (including phenoxy) is 2. The van der Waals surface area contributed by atoms with Crippen molar-refractivity contribution in [3.8, 4) is 0 Å². The van der Waals surface area contributed by atoms with Gasteiger partial charge in [-0.25, -0.2) is 32.8 Å². The fraction of sp³-hybridized carbons (Fsp3) is 0.889. The molecule has 0 aliphatic carbocycles. The molecule has 0 amide bonds. The Bertz CT molecular complexity index is 1340. The lowest BCUT2D eigenvalue weighted by atomic mass is 10.2. The van der Waals surface area contributed by atoms with E-state index < -0.39 is 91.3 Å². The maximum atomic E-state index is 14.1. The molecular weight excluding hydrogens is 788 g/mol. The van der Waals surface area contributed by atoms with Gasteiger partial charge in [-0.15, -0.1) is 0 Å². The highest BCUT2D eigenvalue weighted by molar-refractivity contribution is 6.60. The zero-order valence-electron chi connectivity index (χ0n) is 28.0. The van der Waals surface area contributed by atoms with E-state index in [4.69, 9.17) is 26.6 Å². The minimum atomic E-state index is -6.78. The molecule has 14 nitrogen and oxygen atoms in total. The van der Waals surface area contributed by atoms with Crippen LogP contribution >= 0.6 is 0 Å². The van der Waals surface area contributed by atoms with Crippen molar-refractivity contribution in [3.63, 3.8) is 0 Å². The maximum Gasteiger partial charge on any atom is 0.500 e. The summed E-state index contributed by atoms with van der Waals surface area (Å²) in [6, 6.07) is 0.140. The fourth-order valence-corrected chi connectivity index (χ4v) is 7.68. The molecule has 0 radical (unpaired) electrons. The lowest BCUT2D eigenvalue weighted by Crippen LogP contribution is -2.59. The molecule has 0 fully saturated rings. The number of hydrogen-bond donors (Lipinski definition) is 0. The van der Waals surface area contributed by atoms with E-state index in [2.05, 4.69) is 9.47 Å². The number of halogens is 10. The average molecular weight is 840 g/mol. The molecule has 1 aromatic rings. The van der Waals surface area contributed by atoms with Crippen LogP contribution in [-0.2, 0) is 55.7 Å². The molecule has 1 aromatic heterocycles. The van der Waals surface area contributed by atoms with E-state index >= 15 is 0 Å². The highest BCUT2D eigenvalue weighted by Gasteiger charge is 2.75. The van der Waals surface area contributed by atoms with E-state index in [-0.39, 0.29) is 60.3 Å². The van der Waals surface area contributed by atoms with Gasteiger partial charge in [0, 0.05) is 74.8 Å². The van der Waals surface area contributed by atoms with E-state index in [1.807, 2.05) is 0 Å². The molecule has 0 N–H and O–H groups in total. The van der Waals surface area contributed by atoms with Crippen LogP contribution in [0.25, 0.3) is 0 Å². The van der Waals surface area contributed by atoms with Crippen molar-refractivity contribution < 1.29 is 79.9 Å². The Morgan fingerprint density at radius 2 is 0.868 bits per heavy atom. The Morgan fingerprint density at radius 3 is 1.17 bits per heavy atom. The van der Waals surface area contributed by atoms with Crippen LogP contribution in [-0.4, -0.2) is 117 Å². The third kappa shape index (κ3) is 12.7. The normalized spacial score (nSPS) is 13.3. The standard InChI is InChI=1S/C24H39F10N3O11Si2.3CH4/c1-20(25,26)22(29,30)24(33,34)48-23(31,32)21(27,28)16-47-13-12-37-18(39)35(10-8-14-49(41-2,42-3)43-4)17(38)36(19(37)40)11-9-15-50(44-5,45-6)46-7;;;/h8-16H2,1-7H3;3*1H4. The van der Waals surface area contributed by atoms with Crippen LogP contribution < -0.4 is 17.1 Å². The Balaban J connectivity index is -0.00000833. The van der Waals surface area contributed by atoms with Gasteiger partial charge in [-0.2, -0.15) is 43.9 Å². The summed E-state index contributed by atoms with van der Waals surface area (Å²) < 4.78 is 175. The number of nitrogens with zero attached hydrogens (tertiary/aromatic N) is 3. The summed E-state index contributed by atoms with van der Waals surface area (Å²) in [6.45, 7) is -6.23. The van der Waals surface area contributed by atoms with E-state index in [1.54, 1.807) is 0 Å². The second-order valence-electron chi connectivity index (χ2n) is 10.5. The van der Waals surface area contributed by atoms with Crippen LogP contribution in [0.2, 0.25) is 12.1 Å². The van der Waals surface area contributed by atoms with Crippen molar-refractivity contribution in [3.05, 3.63) is 31.5 Å². The molecule has 0 bridgehead atoms. The van der Waals surface area contributed by atoms with Crippen LogP contribution in [0.15, 0.2) is 14.4 Å². The largest absolute Gasteiger partial charge is 0.500 e. The SMILES string of the molecule is C.C.C.CO[Si](CCCn1c(=O)n(CCC[Si](OC)(OC)OC)c(=O)n(CCOCC(F)(F)C(F)(F)OC(F)(F)C(F)(F)C(C)(F)F)c1=O)(OC)OC. The quantitative estimate of drug-likeness (QED) is 0.0809. The summed E-state index contributed by atoms with van der Waals surface area (Å²) in [7, 11) is 1.40. The molecule has 0 unspecified atom stereocenters. The van der Waals surface area contributed by atoms with Gasteiger partial charge >= 0.3 is 64.7 Å². The molecule has 0 spiro atoms. The van der Waals surface area contributed by atoms with Gasteiger partial charge in [-0.05, 0) is 12.8 Å². The van der Waals surface area contributed by atoms with Crippen molar-refractivity contribution in [1.82, 2.24) is 13.7 Å². The Hall–Kier alpha value is -2.18. The number of hydrogen-bond acceptors (Lipinski definition) is 11. The first kappa shape index (κ1) is 55.2. The molecule has 0 saturated carbocycles. The van der Waals surface area contributed by atoms with Crippen molar-refractivity contribution >= 4 is 17.6 Å². The topological polar surface area (TPSA) is 140 Å². The Morgan fingerprint density at radius 1 is 0.547 bits per heavy atom. The first-order chi connectivity index (χ1) is 22.8. The molecule has 0 aromatic carbocycles. The minimum Gasteiger partial charge on any atom is -0.377 e. The van der Waals surface area contributed by atoms with Crippen LogP contribution in [0.1, 0.15) is 42.0 Å². The van der Waals surface area contributed by atoms with E-state index in [0.717, 1.165) is 0 Å². The maximum absolute atomic E-state index is 14.1. The summed E-state index contributed by atoms with van der Waals surface area (Å²) in [5, 5.41) is 0. The molecule has 318 valence electrons. The van der Waals surface area contributed by atoms with E-state index in [9.17, 15) is 58.3 Å². The summed E-state index contributed by atoms with van der Waals surface area (Å²) >= 11 is 0. The first-order valence-corrected chi connectivity index (χ1v) is 18.1. The second-order valence-corrected chi connectivity index (χ2v) is 16.6. The van der Waals surface area contributed by atoms with Crippen LogP contribution in [0.3, 0.4) is 0 Å².